The van der Waals surface area contributed by atoms with E-state index in [1.165, 1.54) is 0 Å². The zero-order valence-electron chi connectivity index (χ0n) is 21.3. The molecule has 194 valence electrons. The first-order chi connectivity index (χ1) is 15.5. The Morgan fingerprint density at radius 2 is 1.71 bits per heavy atom. The maximum atomic E-state index is 13.2. The average molecular weight is 481 g/mol. The van der Waals surface area contributed by atoms with Crippen LogP contribution >= 0.6 is 0 Å². The molecule has 0 aromatic carbocycles. The van der Waals surface area contributed by atoms with Gasteiger partial charge in [-0.1, -0.05) is 13.8 Å². The molecule has 0 radical (unpaired) electrons. The van der Waals surface area contributed by atoms with Crippen LogP contribution in [0.25, 0.3) is 0 Å². The van der Waals surface area contributed by atoms with Crippen LogP contribution in [0.2, 0.25) is 0 Å². The minimum atomic E-state index is -1.46. The highest BCUT2D eigenvalue weighted by molar-refractivity contribution is 5.95. The van der Waals surface area contributed by atoms with Crippen molar-refractivity contribution in [2.75, 3.05) is 0 Å². The van der Waals surface area contributed by atoms with Gasteiger partial charge in [0.15, 0.2) is 5.78 Å². The number of aliphatic hydroxyl groups excluding tert-OH is 3. The maximum Gasteiger partial charge on any atom is 0.159 e. The van der Waals surface area contributed by atoms with E-state index in [-0.39, 0.29) is 36.4 Å². The third-order valence-corrected chi connectivity index (χ3v) is 10.5. The van der Waals surface area contributed by atoms with Crippen LogP contribution < -0.4 is 0 Å². The second-order valence-electron chi connectivity index (χ2n) is 13.2. The van der Waals surface area contributed by atoms with Crippen LogP contribution in [-0.2, 0) is 4.79 Å². The Balaban J connectivity index is 1.66. The Hall–Kier alpha value is -0.830. The van der Waals surface area contributed by atoms with Gasteiger partial charge in [0.1, 0.15) is 0 Å². The van der Waals surface area contributed by atoms with E-state index in [2.05, 4.69) is 0 Å². The van der Waals surface area contributed by atoms with Crippen LogP contribution in [0.1, 0.15) is 86.0 Å². The van der Waals surface area contributed by atoms with Crippen molar-refractivity contribution in [1.82, 2.24) is 0 Å². The largest absolute Gasteiger partial charge is 0.390 e. The van der Waals surface area contributed by atoms with E-state index in [1.54, 1.807) is 26.8 Å². The topological polar surface area (TPSA) is 138 Å². The van der Waals surface area contributed by atoms with Gasteiger partial charge >= 0.3 is 0 Å². The van der Waals surface area contributed by atoms with Crippen molar-refractivity contribution in [3.05, 3.63) is 11.6 Å². The quantitative estimate of drug-likeness (QED) is 0.353. The van der Waals surface area contributed by atoms with Gasteiger partial charge in [0.2, 0.25) is 0 Å². The molecule has 3 unspecified atom stereocenters. The summed E-state index contributed by atoms with van der Waals surface area (Å²) in [6, 6.07) is 0. The standard InChI is InChI=1S/C27H44O7/c1-23(2,32)9-8-22(31)26(5,33)21-7-11-27(34)16-12-18(28)17-13-19(29)20(30)14-24(17,3)15(16)6-10-25(21,27)4/h12,15,17,19-22,29-34H,6-11,13-14H2,1-5H3/t15-,17?,19+,20-,21-,22?,24+,25+,26?,27+/m0/s1. The number of fused-ring (bicyclic) bond motifs is 5. The van der Waals surface area contributed by atoms with Crippen molar-refractivity contribution in [3.8, 4) is 0 Å². The molecule has 4 rings (SSSR count). The van der Waals surface area contributed by atoms with Crippen LogP contribution in [0.4, 0.5) is 0 Å². The van der Waals surface area contributed by atoms with Crippen molar-refractivity contribution < 1.29 is 35.4 Å². The second kappa shape index (κ2) is 8.09. The first-order valence-electron chi connectivity index (χ1n) is 12.9. The number of rotatable bonds is 5. The molecule has 7 nitrogen and oxygen atoms in total. The Morgan fingerprint density at radius 3 is 2.32 bits per heavy atom. The molecule has 0 saturated heterocycles. The number of hydrogen-bond acceptors (Lipinski definition) is 7. The van der Waals surface area contributed by atoms with Gasteiger partial charge in [0.05, 0.1) is 35.1 Å². The summed E-state index contributed by atoms with van der Waals surface area (Å²) in [5.41, 5.74) is -4.27. The number of ketones is 1. The Labute approximate surface area is 202 Å². The molecule has 6 N–H and O–H groups in total. The first-order valence-corrected chi connectivity index (χ1v) is 12.9. The van der Waals surface area contributed by atoms with Crippen LogP contribution in [-0.4, -0.2) is 71.5 Å². The molecule has 0 bridgehead atoms. The zero-order valence-corrected chi connectivity index (χ0v) is 21.3. The molecule has 0 amide bonds. The van der Waals surface area contributed by atoms with Gasteiger partial charge in [0, 0.05) is 11.3 Å². The number of hydrogen-bond donors (Lipinski definition) is 6. The summed E-state index contributed by atoms with van der Waals surface area (Å²) < 4.78 is 0. The summed E-state index contributed by atoms with van der Waals surface area (Å²) in [5.74, 6) is -0.948. The van der Waals surface area contributed by atoms with Crippen LogP contribution in [0.3, 0.4) is 0 Å². The Bertz CT molecular complexity index is 860. The summed E-state index contributed by atoms with van der Waals surface area (Å²) in [6.07, 6.45) is 2.11. The molecule has 34 heavy (non-hydrogen) atoms. The van der Waals surface area contributed by atoms with Crippen LogP contribution in [0, 0.1) is 28.6 Å². The van der Waals surface area contributed by atoms with Crippen LogP contribution in [0.5, 0.6) is 0 Å². The SMILES string of the molecule is CC(C)(O)CCC(O)C(C)(O)[C@H]1CC[C@@]2(O)C3=CC(=O)C4C[C@@H](O)[C@@H](O)C[C@]4(C)[C@H]3CC[C@]12C. The number of carbonyl (C=O) groups is 1. The van der Waals surface area contributed by atoms with Gasteiger partial charge in [-0.15, -0.1) is 0 Å². The molecule has 3 fully saturated rings. The van der Waals surface area contributed by atoms with Crippen LogP contribution in [0.15, 0.2) is 11.6 Å². The smallest absolute Gasteiger partial charge is 0.159 e. The Kier molecular flexibility index (Phi) is 6.24. The van der Waals surface area contributed by atoms with Crippen molar-refractivity contribution >= 4 is 5.78 Å². The zero-order chi connectivity index (χ0) is 25.5. The molecule has 7 heteroatoms. The van der Waals surface area contributed by atoms with Gasteiger partial charge < -0.3 is 30.6 Å². The molecule has 4 aliphatic rings. The van der Waals surface area contributed by atoms with Gasteiger partial charge in [-0.3, -0.25) is 4.79 Å². The highest BCUT2D eigenvalue weighted by Crippen LogP contribution is 2.68. The molecule has 0 aromatic heterocycles. The third kappa shape index (κ3) is 3.73. The van der Waals surface area contributed by atoms with E-state index < -0.39 is 45.9 Å². The van der Waals surface area contributed by atoms with E-state index in [1.807, 2.05) is 13.8 Å². The molecular weight excluding hydrogens is 436 g/mol. The lowest BCUT2D eigenvalue weighted by Crippen LogP contribution is -2.62. The fraction of sp³-hybridized carbons (Fsp3) is 0.889. The van der Waals surface area contributed by atoms with E-state index in [0.29, 0.717) is 44.1 Å². The first kappa shape index (κ1) is 26.2. The summed E-state index contributed by atoms with van der Waals surface area (Å²) in [7, 11) is 0. The molecule has 4 aliphatic carbocycles. The van der Waals surface area contributed by atoms with Gasteiger partial charge in [0.25, 0.3) is 0 Å². The van der Waals surface area contributed by atoms with Crippen molar-refractivity contribution in [1.29, 1.82) is 0 Å². The monoisotopic (exact) mass is 480 g/mol. The predicted molar refractivity (Wildman–Crippen MR) is 127 cm³/mol. The molecule has 0 spiro atoms. The van der Waals surface area contributed by atoms with E-state index in [9.17, 15) is 35.4 Å². The summed E-state index contributed by atoms with van der Waals surface area (Å²) in [6.45, 7) is 8.96. The lowest BCUT2D eigenvalue weighted by Gasteiger charge is -2.60. The molecular formula is C27H44O7. The number of carbonyl (C=O) groups excluding carboxylic acids is 1. The minimum Gasteiger partial charge on any atom is -0.390 e. The summed E-state index contributed by atoms with van der Waals surface area (Å²) in [5, 5.41) is 65.5. The van der Waals surface area contributed by atoms with Gasteiger partial charge in [-0.05, 0) is 101 Å². The molecule has 10 atom stereocenters. The molecule has 0 heterocycles. The van der Waals surface area contributed by atoms with Gasteiger partial charge in [-0.2, -0.15) is 0 Å². The minimum absolute atomic E-state index is 0.0840. The van der Waals surface area contributed by atoms with E-state index >= 15 is 0 Å². The summed E-state index contributed by atoms with van der Waals surface area (Å²) >= 11 is 0. The highest BCUT2D eigenvalue weighted by Gasteiger charge is 2.69. The molecule has 3 saturated carbocycles. The lowest BCUT2D eigenvalue weighted by molar-refractivity contribution is -0.177. The average Bonchev–Trinajstić information content (AvgIpc) is 3.00. The summed E-state index contributed by atoms with van der Waals surface area (Å²) in [4.78, 5) is 13.2. The normalized spacial score (nSPS) is 47.2. The maximum absolute atomic E-state index is 13.2. The van der Waals surface area contributed by atoms with Crippen molar-refractivity contribution in [2.45, 2.75) is 121 Å². The van der Waals surface area contributed by atoms with Gasteiger partial charge in [-0.25, -0.2) is 0 Å². The predicted octanol–water partition coefficient (Wildman–Crippen LogP) is 1.85. The third-order valence-electron chi connectivity index (χ3n) is 10.5. The molecule has 0 aliphatic heterocycles. The van der Waals surface area contributed by atoms with E-state index in [0.717, 1.165) is 0 Å². The van der Waals surface area contributed by atoms with Crippen molar-refractivity contribution in [2.24, 2.45) is 28.6 Å². The fourth-order valence-corrected chi connectivity index (χ4v) is 8.32. The highest BCUT2D eigenvalue weighted by atomic mass is 16.3. The number of allylic oxidation sites excluding steroid dienone is 1. The lowest BCUT2D eigenvalue weighted by atomic mass is 9.45. The van der Waals surface area contributed by atoms with E-state index in [4.69, 9.17) is 0 Å². The second-order valence-corrected chi connectivity index (χ2v) is 13.2. The van der Waals surface area contributed by atoms with Crippen molar-refractivity contribution in [3.63, 3.8) is 0 Å². The Morgan fingerprint density at radius 1 is 1.06 bits per heavy atom. The number of aliphatic hydroxyl groups is 6. The fourth-order valence-electron chi connectivity index (χ4n) is 8.32. The molecule has 0 aromatic rings.